The van der Waals surface area contributed by atoms with Crippen LogP contribution in [0.5, 0.6) is 0 Å². The van der Waals surface area contributed by atoms with Crippen molar-refractivity contribution in [3.8, 4) is 0 Å². The second-order valence-electron chi connectivity index (χ2n) is 21.9. The van der Waals surface area contributed by atoms with Gasteiger partial charge in [-0.05, 0) is 61.3 Å². The van der Waals surface area contributed by atoms with Crippen LogP contribution < -0.4 is 45.0 Å². The van der Waals surface area contributed by atoms with Crippen molar-refractivity contribution in [1.29, 1.82) is 0 Å². The molecule has 16 atom stereocenters. The largest absolute Gasteiger partial charge is 0.469 e. The molecule has 11 N–H and O–H groups in total. The molecule has 0 aromatic carbocycles. The number of nitrogens with one attached hydrogen (secondary N) is 4. The number of aromatic amines is 4. The topological polar surface area (TPSA) is 540 Å². The van der Waals surface area contributed by atoms with E-state index in [1.165, 1.54) is 23.8 Å². The van der Waals surface area contributed by atoms with Crippen LogP contribution in [0.3, 0.4) is 0 Å². The molecule has 4 aromatic rings. The number of aliphatic hydroxyl groups is 5. The van der Waals surface area contributed by atoms with E-state index in [0.29, 0.717) is 15.6 Å². The zero-order chi connectivity index (χ0) is 68.9. The van der Waals surface area contributed by atoms with Gasteiger partial charge >= 0.3 is 48.5 Å². The molecule has 0 saturated carbocycles. The maximum Gasteiger partial charge on any atom is 0.469 e. The van der Waals surface area contributed by atoms with E-state index in [1.54, 1.807) is 27.7 Å². The van der Waals surface area contributed by atoms with Gasteiger partial charge in [0.05, 0.1) is 45.2 Å². The van der Waals surface area contributed by atoms with Gasteiger partial charge in [0, 0.05) is 30.5 Å². The third-order valence-corrected chi connectivity index (χ3v) is 15.1. The van der Waals surface area contributed by atoms with Gasteiger partial charge < -0.3 is 87.4 Å². The van der Waals surface area contributed by atoms with Gasteiger partial charge in [-0.2, -0.15) is 0 Å². The smallest absolute Gasteiger partial charge is 0.461 e. The standard InChI is InChI=1S/C16H22N2O7.C13H18N2O5.C12H17N2O11P.C12H16N2O8/c1-5-9-11-12(25-16(3,4)24-11)13(23-9)18-8(14(20)22-6-2)7-10(19)17-15(18)21;1-4-7-9-10(20-13(2,3)19-9)11(18-7)15-6-5-8(16)14-12(15)17;1-2-23-11(18)5-3-7(15)13-12(19)14(5)10-9(17)8(16)6(25-10)4-24-26(20,21)22;1-2-21-11(19)5-3-7(16)13-12(20)14(5)10-9(18)8(17)6(4-15)22-10/h7,9,11-13H,5-6H2,1-4H3,(H,17,19,21);5-7,9-11H,4H2,1-3H3,(H,14,16,17);3,6,8-10,16-17H,2,4H2,1H3,(H,13,15,19)(H2,20,21,22);3,6,8-10,15,17-18H,2,4H2,1H3,(H,13,16,20)/t9-,11+,12?,13-;7-,9+,10?,11-;2*6-,8+,9?,10-/m1111/s1. The molecular weight excluding hydrogens is 1280 g/mol. The molecule has 6 aliphatic heterocycles. The van der Waals surface area contributed by atoms with Crippen molar-refractivity contribution in [2.45, 2.75) is 185 Å². The van der Waals surface area contributed by atoms with Crippen LogP contribution in [0.25, 0.3) is 0 Å². The molecule has 10 heterocycles. The quantitative estimate of drug-likeness (QED) is 0.0287. The van der Waals surface area contributed by atoms with Crippen LogP contribution in [-0.4, -0.2) is 209 Å². The first-order chi connectivity index (χ1) is 43.6. The second-order valence-corrected chi connectivity index (χ2v) is 23.1. The maximum absolute atomic E-state index is 12.4. The minimum Gasteiger partial charge on any atom is -0.461 e. The monoisotopic (exact) mass is 1350 g/mol. The molecule has 6 fully saturated rings. The minimum absolute atomic E-state index is 0.00971. The Morgan fingerprint density at radius 3 is 1.20 bits per heavy atom. The number of H-pyrrole nitrogens is 4. The first kappa shape index (κ1) is 73.1. The third-order valence-electron chi connectivity index (χ3n) is 14.6. The summed E-state index contributed by atoms with van der Waals surface area (Å²) < 4.78 is 78.8. The summed E-state index contributed by atoms with van der Waals surface area (Å²) in [5.74, 6) is -4.31. The SMILES string of the molecule is CCOC(=O)c1cc(=O)[nH]c(=O)n1[C@@H]1O[C@H](CC)[C@@H]2OC(C)(C)OC21.CCOC(=O)c1cc(=O)[nH]c(=O)n1[C@@H]1O[C@H](CO)[C@H](O)C1O.CCOC(=O)c1cc(=O)[nH]c(=O)n1[C@@H]1O[C@H](COP(=O)(O)O)[C@H](O)C1O.CC[C@H]1O[C@@H](n2ccc(=O)[nH]c2=O)C2OC(C)(C)O[C@H]21. The number of hydrogen-bond donors (Lipinski definition) is 11. The van der Waals surface area contributed by atoms with Gasteiger partial charge in [-0.15, -0.1) is 0 Å². The van der Waals surface area contributed by atoms with Crippen LogP contribution >= 0.6 is 7.82 Å². The fraction of sp³-hybridized carbons (Fsp3) is 0.642. The average Bonchev–Trinajstić information content (AvgIpc) is 1.63. The molecule has 0 aliphatic carbocycles. The van der Waals surface area contributed by atoms with Gasteiger partial charge in [0.2, 0.25) is 0 Å². The molecule has 6 saturated heterocycles. The van der Waals surface area contributed by atoms with Crippen LogP contribution in [0.15, 0.2) is 68.8 Å². The first-order valence-corrected chi connectivity index (χ1v) is 30.4. The summed E-state index contributed by atoms with van der Waals surface area (Å²) in [7, 11) is -4.87. The van der Waals surface area contributed by atoms with Gasteiger partial charge in [-0.1, -0.05) is 13.8 Å². The molecule has 0 amide bonds. The highest BCUT2D eigenvalue weighted by molar-refractivity contribution is 7.46. The Balaban J connectivity index is 0.000000176. The van der Waals surface area contributed by atoms with Gasteiger partial charge in [0.25, 0.3) is 22.2 Å². The molecule has 0 radical (unpaired) electrons. The molecule has 4 aromatic heterocycles. The zero-order valence-corrected chi connectivity index (χ0v) is 52.1. The Hall–Kier alpha value is -7.28. The highest BCUT2D eigenvalue weighted by Gasteiger charge is 2.57. The Morgan fingerprint density at radius 1 is 0.495 bits per heavy atom. The van der Waals surface area contributed by atoms with E-state index in [1.807, 2.05) is 37.7 Å². The van der Waals surface area contributed by atoms with Crippen molar-refractivity contribution in [2.24, 2.45) is 0 Å². The van der Waals surface area contributed by atoms with Crippen LogP contribution in [0, 0.1) is 0 Å². The molecule has 39 nitrogen and oxygen atoms in total. The average molecular weight is 1350 g/mol. The van der Waals surface area contributed by atoms with Gasteiger partial charge in [-0.25, -0.2) is 38.1 Å². The van der Waals surface area contributed by atoms with Gasteiger partial charge in [-0.3, -0.25) is 61.9 Å². The number of nitrogens with zero attached hydrogens (tertiary/aromatic N) is 4. The molecular formula is C53H73N8O31P. The molecule has 0 bridgehead atoms. The molecule has 10 rings (SSSR count). The zero-order valence-electron chi connectivity index (χ0n) is 51.2. The highest BCUT2D eigenvalue weighted by atomic mass is 31.2. The van der Waals surface area contributed by atoms with Crippen molar-refractivity contribution in [3.63, 3.8) is 0 Å². The Kier molecular flexibility index (Phi) is 23.6. The number of carbonyl (C=O) groups is 3. The van der Waals surface area contributed by atoms with Crippen LogP contribution in [0.1, 0.15) is 132 Å². The summed E-state index contributed by atoms with van der Waals surface area (Å²) in [6, 6.07) is 3.90. The van der Waals surface area contributed by atoms with E-state index in [0.717, 1.165) is 29.2 Å². The number of hydrogen-bond acceptors (Lipinski definition) is 29. The lowest BCUT2D eigenvalue weighted by Crippen LogP contribution is -2.41. The molecule has 4 unspecified atom stereocenters. The predicted molar refractivity (Wildman–Crippen MR) is 306 cm³/mol. The van der Waals surface area contributed by atoms with E-state index >= 15 is 0 Å². The van der Waals surface area contributed by atoms with Crippen molar-refractivity contribution in [3.05, 3.63) is 131 Å². The highest BCUT2D eigenvalue weighted by Crippen LogP contribution is 2.45. The van der Waals surface area contributed by atoms with Crippen molar-refractivity contribution in [2.75, 3.05) is 33.0 Å². The van der Waals surface area contributed by atoms with E-state index in [-0.39, 0.29) is 56.0 Å². The Bertz CT molecular complexity index is 3880. The number of phosphoric acid groups is 1. The Morgan fingerprint density at radius 2 is 0.839 bits per heavy atom. The lowest BCUT2D eigenvalue weighted by molar-refractivity contribution is -0.197. The van der Waals surface area contributed by atoms with E-state index < -0.39 is 175 Å². The number of ether oxygens (including phenoxy) is 11. The fourth-order valence-electron chi connectivity index (χ4n) is 10.7. The maximum atomic E-state index is 12.4. The van der Waals surface area contributed by atoms with Crippen molar-refractivity contribution >= 4 is 25.7 Å². The lowest BCUT2D eigenvalue weighted by Gasteiger charge is -2.25. The van der Waals surface area contributed by atoms with Crippen LogP contribution in [-0.2, 0) is 61.2 Å². The predicted octanol–water partition coefficient (Wildman–Crippen LogP) is -4.33. The lowest BCUT2D eigenvalue weighted by atomic mass is 10.1. The number of carbonyl (C=O) groups excluding carboxylic acids is 3. The minimum atomic E-state index is -4.87. The first-order valence-electron chi connectivity index (χ1n) is 28.9. The van der Waals surface area contributed by atoms with E-state index in [9.17, 15) is 77.7 Å². The fourth-order valence-corrected chi connectivity index (χ4v) is 11.1. The summed E-state index contributed by atoms with van der Waals surface area (Å²) in [6.07, 6.45) is -12.8. The molecule has 516 valence electrons. The summed E-state index contributed by atoms with van der Waals surface area (Å²) in [5, 5.41) is 48.8. The van der Waals surface area contributed by atoms with Crippen molar-refractivity contribution in [1.82, 2.24) is 38.2 Å². The number of fused-ring (bicyclic) bond motifs is 2. The number of aromatic nitrogens is 8. The third kappa shape index (κ3) is 16.6. The van der Waals surface area contributed by atoms with Gasteiger partial charge in [0.1, 0.15) is 78.1 Å². The number of phosphoric ester groups is 1. The Labute approximate surface area is 522 Å². The number of rotatable bonds is 16. The number of esters is 3. The normalized spacial score (nSPS) is 29.5. The summed E-state index contributed by atoms with van der Waals surface area (Å²) in [5.41, 5.74) is -7.37. The molecule has 0 spiro atoms. The van der Waals surface area contributed by atoms with Gasteiger partial charge in [0.15, 0.2) is 36.5 Å². The summed E-state index contributed by atoms with van der Waals surface area (Å²) >= 11 is 0. The van der Waals surface area contributed by atoms with Crippen molar-refractivity contribution < 1.29 is 111 Å². The summed E-state index contributed by atoms with van der Waals surface area (Å²) in [4.78, 5) is 156. The van der Waals surface area contributed by atoms with E-state index in [4.69, 9.17) is 67.0 Å². The molecule has 6 aliphatic rings. The molecule has 93 heavy (non-hydrogen) atoms. The van der Waals surface area contributed by atoms with E-state index in [2.05, 4.69) is 14.5 Å². The molecule has 40 heteroatoms. The van der Waals surface area contributed by atoms with Crippen LogP contribution in [0.4, 0.5) is 0 Å². The summed E-state index contributed by atoms with van der Waals surface area (Å²) in [6.45, 7) is 14.5. The number of aliphatic hydroxyl groups excluding tert-OH is 5. The van der Waals surface area contributed by atoms with Crippen LogP contribution in [0.2, 0.25) is 0 Å². The second kappa shape index (κ2) is 30.0.